The van der Waals surface area contributed by atoms with Gasteiger partial charge in [0.15, 0.2) is 17.1 Å². The summed E-state index contributed by atoms with van der Waals surface area (Å²) >= 11 is 0. The first-order valence-electron chi connectivity index (χ1n) is 7.22. The fourth-order valence-electron chi connectivity index (χ4n) is 2.41. The summed E-state index contributed by atoms with van der Waals surface area (Å²) in [5.74, 6) is 0.461. The number of nitrogens with one attached hydrogen (secondary N) is 2. The monoisotopic (exact) mass is 328 g/mol. The molecule has 0 atom stereocenters. The van der Waals surface area contributed by atoms with Crippen LogP contribution in [0.2, 0.25) is 0 Å². The van der Waals surface area contributed by atoms with Crippen LogP contribution in [0.1, 0.15) is 5.56 Å². The highest BCUT2D eigenvalue weighted by Crippen LogP contribution is 2.27. The molecule has 0 saturated heterocycles. The maximum absolute atomic E-state index is 12.2. The number of aromatic nitrogens is 1. The van der Waals surface area contributed by atoms with E-state index in [0.29, 0.717) is 28.3 Å². The molecule has 0 aliphatic heterocycles. The first kappa shape index (κ1) is 15.7. The van der Waals surface area contributed by atoms with Crippen molar-refractivity contribution < 1.29 is 18.7 Å². The van der Waals surface area contributed by atoms with Gasteiger partial charge in [0.05, 0.1) is 26.2 Å². The van der Waals surface area contributed by atoms with E-state index in [9.17, 15) is 9.59 Å². The number of fused-ring (bicyclic) bond motifs is 1. The van der Waals surface area contributed by atoms with Crippen LogP contribution in [0.25, 0.3) is 11.1 Å². The summed E-state index contributed by atoms with van der Waals surface area (Å²) in [5, 5.41) is 2.78. The van der Waals surface area contributed by atoms with E-state index >= 15 is 0 Å². The smallest absolute Gasteiger partial charge is 0.417 e. The molecule has 0 radical (unpaired) electrons. The minimum atomic E-state index is -0.529. The van der Waals surface area contributed by atoms with E-state index in [2.05, 4.69) is 10.3 Å². The molecule has 7 heteroatoms. The van der Waals surface area contributed by atoms with Gasteiger partial charge in [-0.15, -0.1) is 0 Å². The van der Waals surface area contributed by atoms with Gasteiger partial charge in [-0.2, -0.15) is 0 Å². The lowest BCUT2D eigenvalue weighted by molar-refractivity contribution is -0.115. The van der Waals surface area contributed by atoms with Crippen molar-refractivity contribution >= 4 is 22.7 Å². The Bertz CT molecular complexity index is 942. The molecule has 1 amide bonds. The van der Waals surface area contributed by atoms with Gasteiger partial charge in [0.25, 0.3) is 0 Å². The number of aromatic amines is 1. The van der Waals surface area contributed by atoms with Gasteiger partial charge >= 0.3 is 5.76 Å². The highest BCUT2D eigenvalue weighted by molar-refractivity contribution is 5.94. The molecule has 3 rings (SSSR count). The Labute approximate surface area is 137 Å². The molecule has 0 aliphatic carbocycles. The minimum absolute atomic E-state index is 0.181. The average molecular weight is 328 g/mol. The molecule has 124 valence electrons. The van der Waals surface area contributed by atoms with Crippen molar-refractivity contribution in [2.45, 2.75) is 6.42 Å². The number of amides is 1. The van der Waals surface area contributed by atoms with Crippen LogP contribution in [0, 0.1) is 0 Å². The Kier molecular flexibility index (Phi) is 4.24. The molecule has 0 bridgehead atoms. The molecule has 2 N–H and O–H groups in total. The average Bonchev–Trinajstić information content (AvgIpc) is 2.93. The number of methoxy groups -OCH3 is 2. The van der Waals surface area contributed by atoms with Crippen LogP contribution in [0.3, 0.4) is 0 Å². The SMILES string of the molecule is COc1ccc(CC(=O)Nc2ccc3oc(=O)[nH]c3c2)cc1OC. The van der Waals surface area contributed by atoms with Gasteiger partial charge in [0.2, 0.25) is 5.91 Å². The lowest BCUT2D eigenvalue weighted by Gasteiger charge is -2.10. The minimum Gasteiger partial charge on any atom is -0.493 e. The molecule has 24 heavy (non-hydrogen) atoms. The second kappa shape index (κ2) is 6.49. The van der Waals surface area contributed by atoms with Gasteiger partial charge < -0.3 is 19.2 Å². The highest BCUT2D eigenvalue weighted by Gasteiger charge is 2.10. The van der Waals surface area contributed by atoms with Crippen LogP contribution >= 0.6 is 0 Å². The molecule has 1 heterocycles. The van der Waals surface area contributed by atoms with Gasteiger partial charge in [-0.1, -0.05) is 6.07 Å². The fraction of sp³-hybridized carbons (Fsp3) is 0.176. The van der Waals surface area contributed by atoms with E-state index < -0.39 is 5.76 Å². The topological polar surface area (TPSA) is 93.6 Å². The summed E-state index contributed by atoms with van der Waals surface area (Å²) in [7, 11) is 3.10. The predicted octanol–water partition coefficient (Wildman–Crippen LogP) is 2.32. The number of ether oxygens (including phenoxy) is 2. The molecule has 0 spiro atoms. The number of hydrogen-bond donors (Lipinski definition) is 2. The van der Waals surface area contributed by atoms with Crippen LogP contribution < -0.4 is 20.5 Å². The van der Waals surface area contributed by atoms with E-state index in [1.54, 1.807) is 50.6 Å². The summed E-state index contributed by atoms with van der Waals surface area (Å²) in [6, 6.07) is 10.3. The van der Waals surface area contributed by atoms with Crippen molar-refractivity contribution in [3.05, 3.63) is 52.5 Å². The zero-order chi connectivity index (χ0) is 17.1. The van der Waals surface area contributed by atoms with E-state index in [-0.39, 0.29) is 12.3 Å². The lowest BCUT2D eigenvalue weighted by Crippen LogP contribution is -2.14. The maximum Gasteiger partial charge on any atom is 0.417 e. The van der Waals surface area contributed by atoms with Crippen molar-refractivity contribution in [2.75, 3.05) is 19.5 Å². The second-order valence-electron chi connectivity index (χ2n) is 5.14. The van der Waals surface area contributed by atoms with Gasteiger partial charge in [0, 0.05) is 5.69 Å². The Morgan fingerprint density at radius 2 is 1.92 bits per heavy atom. The Morgan fingerprint density at radius 1 is 1.12 bits per heavy atom. The number of rotatable bonds is 5. The summed E-state index contributed by atoms with van der Waals surface area (Å²) < 4.78 is 15.3. The van der Waals surface area contributed by atoms with E-state index in [1.165, 1.54) is 0 Å². The summed E-state index contributed by atoms with van der Waals surface area (Å²) in [4.78, 5) is 25.9. The van der Waals surface area contributed by atoms with Crippen LogP contribution in [0.15, 0.2) is 45.6 Å². The normalized spacial score (nSPS) is 10.6. The van der Waals surface area contributed by atoms with Gasteiger partial charge in [-0.3, -0.25) is 9.78 Å². The summed E-state index contributed by atoms with van der Waals surface area (Å²) in [5.41, 5.74) is 2.34. The van der Waals surface area contributed by atoms with Crippen molar-refractivity contribution in [3.63, 3.8) is 0 Å². The molecule has 0 fully saturated rings. The number of H-pyrrole nitrogens is 1. The quantitative estimate of drug-likeness (QED) is 0.749. The number of benzene rings is 2. The third-order valence-corrected chi connectivity index (χ3v) is 3.52. The zero-order valence-corrected chi connectivity index (χ0v) is 13.2. The Morgan fingerprint density at radius 3 is 2.67 bits per heavy atom. The van der Waals surface area contributed by atoms with Crippen molar-refractivity contribution in [1.29, 1.82) is 0 Å². The number of carbonyl (C=O) groups is 1. The van der Waals surface area contributed by atoms with Gasteiger partial charge in [-0.05, 0) is 35.9 Å². The lowest BCUT2D eigenvalue weighted by atomic mass is 10.1. The largest absolute Gasteiger partial charge is 0.493 e. The number of carbonyl (C=O) groups excluding carboxylic acids is 1. The molecule has 1 aromatic heterocycles. The second-order valence-corrected chi connectivity index (χ2v) is 5.14. The summed E-state index contributed by atoms with van der Waals surface area (Å²) in [6.07, 6.45) is 0.181. The molecular weight excluding hydrogens is 312 g/mol. The molecule has 3 aromatic rings. The van der Waals surface area contributed by atoms with Crippen molar-refractivity contribution in [3.8, 4) is 11.5 Å². The molecule has 7 nitrogen and oxygen atoms in total. The molecule has 2 aromatic carbocycles. The third kappa shape index (κ3) is 3.24. The fourth-order valence-corrected chi connectivity index (χ4v) is 2.41. The van der Waals surface area contributed by atoms with E-state index in [4.69, 9.17) is 13.9 Å². The maximum atomic E-state index is 12.2. The van der Waals surface area contributed by atoms with Crippen LogP contribution in [-0.4, -0.2) is 25.1 Å². The highest BCUT2D eigenvalue weighted by atomic mass is 16.5. The van der Waals surface area contributed by atoms with Crippen molar-refractivity contribution in [1.82, 2.24) is 4.98 Å². The first-order chi connectivity index (χ1) is 11.6. The van der Waals surface area contributed by atoms with Crippen LogP contribution in [0.4, 0.5) is 5.69 Å². The zero-order valence-electron chi connectivity index (χ0n) is 13.2. The molecular formula is C17H16N2O5. The van der Waals surface area contributed by atoms with Gasteiger partial charge in [-0.25, -0.2) is 4.79 Å². The number of hydrogen-bond acceptors (Lipinski definition) is 5. The Hall–Kier alpha value is -3.22. The van der Waals surface area contributed by atoms with Crippen LogP contribution in [0.5, 0.6) is 11.5 Å². The van der Waals surface area contributed by atoms with E-state index in [1.807, 2.05) is 0 Å². The van der Waals surface area contributed by atoms with Crippen LogP contribution in [-0.2, 0) is 11.2 Å². The predicted molar refractivity (Wildman–Crippen MR) is 88.7 cm³/mol. The Balaban J connectivity index is 1.73. The summed E-state index contributed by atoms with van der Waals surface area (Å²) in [6.45, 7) is 0. The third-order valence-electron chi connectivity index (χ3n) is 3.52. The standard InChI is InChI=1S/C17H16N2O5/c1-22-14-5-3-10(7-15(14)23-2)8-16(20)18-11-4-6-13-12(9-11)19-17(21)24-13/h3-7,9H,8H2,1-2H3,(H,18,20)(H,19,21). The van der Waals surface area contributed by atoms with E-state index in [0.717, 1.165) is 5.56 Å². The molecule has 0 aliphatic rings. The molecule has 0 unspecified atom stereocenters. The van der Waals surface area contributed by atoms with Crippen molar-refractivity contribution in [2.24, 2.45) is 0 Å². The number of oxazole rings is 1. The number of anilines is 1. The van der Waals surface area contributed by atoms with Gasteiger partial charge in [0.1, 0.15) is 0 Å². The molecule has 0 saturated carbocycles. The first-order valence-corrected chi connectivity index (χ1v) is 7.22.